The average molecular weight is 293 g/mol. The summed E-state index contributed by atoms with van der Waals surface area (Å²) in [6, 6.07) is 3.17. The molecule has 21 heavy (non-hydrogen) atoms. The lowest BCUT2D eigenvalue weighted by Gasteiger charge is -2.36. The molecule has 0 aliphatic carbocycles. The predicted molar refractivity (Wildman–Crippen MR) is 83.9 cm³/mol. The SMILES string of the molecule is CCCCC(=O)N1CCN(c2cc(C)c(N)cc2F)CC1. The van der Waals surface area contributed by atoms with Gasteiger partial charge in [0.1, 0.15) is 5.82 Å². The molecule has 1 aliphatic rings. The first kappa shape index (κ1) is 15.6. The second-order valence-corrected chi connectivity index (χ2v) is 5.63. The van der Waals surface area contributed by atoms with Gasteiger partial charge in [0.15, 0.2) is 0 Å². The first-order chi connectivity index (χ1) is 10.0. The maximum absolute atomic E-state index is 14.0. The van der Waals surface area contributed by atoms with Crippen molar-refractivity contribution < 1.29 is 9.18 Å². The molecule has 2 rings (SSSR count). The van der Waals surface area contributed by atoms with Crippen LogP contribution in [0.3, 0.4) is 0 Å². The topological polar surface area (TPSA) is 49.6 Å². The number of amides is 1. The first-order valence-electron chi connectivity index (χ1n) is 7.61. The number of anilines is 2. The number of aryl methyl sites for hydroxylation is 1. The van der Waals surface area contributed by atoms with E-state index in [1.54, 1.807) is 6.07 Å². The number of unbranched alkanes of at least 4 members (excludes halogenated alkanes) is 1. The highest BCUT2D eigenvalue weighted by atomic mass is 19.1. The molecule has 0 aromatic heterocycles. The molecular weight excluding hydrogens is 269 g/mol. The summed E-state index contributed by atoms with van der Waals surface area (Å²) < 4.78 is 14.0. The normalized spacial score (nSPS) is 15.4. The van der Waals surface area contributed by atoms with E-state index < -0.39 is 0 Å². The van der Waals surface area contributed by atoms with Crippen molar-refractivity contribution in [2.24, 2.45) is 0 Å². The van der Waals surface area contributed by atoms with Crippen molar-refractivity contribution in [1.29, 1.82) is 0 Å². The molecule has 1 heterocycles. The molecule has 1 aromatic rings. The zero-order valence-electron chi connectivity index (χ0n) is 12.9. The van der Waals surface area contributed by atoms with Gasteiger partial charge in [0, 0.05) is 38.3 Å². The van der Waals surface area contributed by atoms with Gasteiger partial charge in [0.25, 0.3) is 0 Å². The van der Waals surface area contributed by atoms with Crippen molar-refractivity contribution in [2.75, 3.05) is 36.8 Å². The Morgan fingerprint density at radius 2 is 1.95 bits per heavy atom. The monoisotopic (exact) mass is 293 g/mol. The van der Waals surface area contributed by atoms with Crippen LogP contribution >= 0.6 is 0 Å². The zero-order chi connectivity index (χ0) is 15.4. The van der Waals surface area contributed by atoms with Crippen LogP contribution in [0.15, 0.2) is 12.1 Å². The van der Waals surface area contributed by atoms with Gasteiger partial charge in [0.2, 0.25) is 5.91 Å². The molecule has 1 saturated heterocycles. The maximum Gasteiger partial charge on any atom is 0.222 e. The fourth-order valence-electron chi connectivity index (χ4n) is 2.61. The van der Waals surface area contributed by atoms with Crippen molar-refractivity contribution >= 4 is 17.3 Å². The maximum atomic E-state index is 14.0. The van der Waals surface area contributed by atoms with Gasteiger partial charge in [-0.25, -0.2) is 4.39 Å². The molecule has 0 bridgehead atoms. The molecule has 2 N–H and O–H groups in total. The number of benzene rings is 1. The third-order valence-corrected chi connectivity index (χ3v) is 4.05. The van der Waals surface area contributed by atoms with E-state index in [1.807, 2.05) is 16.7 Å². The number of hydrogen-bond donors (Lipinski definition) is 1. The second-order valence-electron chi connectivity index (χ2n) is 5.63. The van der Waals surface area contributed by atoms with Crippen LogP contribution in [0, 0.1) is 12.7 Å². The van der Waals surface area contributed by atoms with Crippen molar-refractivity contribution in [3.8, 4) is 0 Å². The van der Waals surface area contributed by atoms with Gasteiger partial charge in [-0.05, 0) is 31.0 Å². The molecule has 1 amide bonds. The van der Waals surface area contributed by atoms with Crippen LogP contribution in [0.1, 0.15) is 31.7 Å². The number of carbonyl (C=O) groups excluding carboxylic acids is 1. The Labute approximate surface area is 125 Å². The number of nitrogens with zero attached hydrogens (tertiary/aromatic N) is 2. The number of rotatable bonds is 4. The fraction of sp³-hybridized carbons (Fsp3) is 0.562. The van der Waals surface area contributed by atoms with Gasteiger partial charge in [-0.15, -0.1) is 0 Å². The lowest BCUT2D eigenvalue weighted by atomic mass is 10.1. The molecule has 116 valence electrons. The molecule has 5 heteroatoms. The van der Waals surface area contributed by atoms with E-state index >= 15 is 0 Å². The summed E-state index contributed by atoms with van der Waals surface area (Å²) in [4.78, 5) is 15.9. The summed E-state index contributed by atoms with van der Waals surface area (Å²) in [6.45, 7) is 6.60. The summed E-state index contributed by atoms with van der Waals surface area (Å²) in [5.74, 6) is -0.0747. The van der Waals surface area contributed by atoms with E-state index in [2.05, 4.69) is 6.92 Å². The van der Waals surface area contributed by atoms with Gasteiger partial charge >= 0.3 is 0 Å². The zero-order valence-corrected chi connectivity index (χ0v) is 12.9. The first-order valence-corrected chi connectivity index (χ1v) is 7.61. The Morgan fingerprint density at radius 3 is 2.57 bits per heavy atom. The molecule has 0 atom stereocenters. The molecular formula is C16H24FN3O. The van der Waals surface area contributed by atoms with E-state index in [4.69, 9.17) is 5.73 Å². The van der Waals surface area contributed by atoms with Crippen LogP contribution in [-0.4, -0.2) is 37.0 Å². The number of nitrogens with two attached hydrogens (primary N) is 1. The number of carbonyl (C=O) groups is 1. The number of halogens is 1. The highest BCUT2D eigenvalue weighted by Crippen LogP contribution is 2.26. The molecule has 0 unspecified atom stereocenters. The minimum atomic E-state index is -0.288. The molecule has 0 saturated carbocycles. The van der Waals surface area contributed by atoms with Gasteiger partial charge in [-0.2, -0.15) is 0 Å². The summed E-state index contributed by atoms with van der Waals surface area (Å²) in [5.41, 5.74) is 7.66. The molecule has 1 fully saturated rings. The molecule has 1 aromatic carbocycles. The van der Waals surface area contributed by atoms with Gasteiger partial charge in [-0.3, -0.25) is 4.79 Å². The lowest BCUT2D eigenvalue weighted by molar-refractivity contribution is -0.131. The van der Waals surface area contributed by atoms with Crippen LogP contribution < -0.4 is 10.6 Å². The standard InChI is InChI=1S/C16H24FN3O/c1-3-4-5-16(21)20-8-6-19(7-9-20)15-10-12(2)14(18)11-13(15)17/h10-11H,3-9,18H2,1-2H3. The largest absolute Gasteiger partial charge is 0.398 e. The Morgan fingerprint density at radius 1 is 1.29 bits per heavy atom. The van der Waals surface area contributed by atoms with Gasteiger partial charge < -0.3 is 15.5 Å². The summed E-state index contributed by atoms with van der Waals surface area (Å²) in [5, 5.41) is 0. The summed E-state index contributed by atoms with van der Waals surface area (Å²) in [7, 11) is 0. The summed E-state index contributed by atoms with van der Waals surface area (Å²) >= 11 is 0. The number of nitrogen functional groups attached to an aromatic ring is 1. The van der Waals surface area contributed by atoms with E-state index in [-0.39, 0.29) is 11.7 Å². The number of hydrogen-bond acceptors (Lipinski definition) is 3. The van der Waals surface area contributed by atoms with Crippen LogP contribution in [-0.2, 0) is 4.79 Å². The smallest absolute Gasteiger partial charge is 0.222 e. The van der Waals surface area contributed by atoms with Crippen LogP contribution in [0.2, 0.25) is 0 Å². The van der Waals surface area contributed by atoms with E-state index in [1.165, 1.54) is 6.07 Å². The van der Waals surface area contributed by atoms with E-state index in [0.29, 0.717) is 44.0 Å². The third-order valence-electron chi connectivity index (χ3n) is 4.05. The minimum absolute atomic E-state index is 0.213. The molecule has 0 spiro atoms. The third kappa shape index (κ3) is 3.65. The van der Waals surface area contributed by atoms with Crippen molar-refractivity contribution in [2.45, 2.75) is 33.1 Å². The van der Waals surface area contributed by atoms with Gasteiger partial charge in [0.05, 0.1) is 5.69 Å². The van der Waals surface area contributed by atoms with Crippen LogP contribution in [0.4, 0.5) is 15.8 Å². The van der Waals surface area contributed by atoms with Crippen molar-refractivity contribution in [3.63, 3.8) is 0 Å². The Hall–Kier alpha value is -1.78. The Bertz CT molecular complexity index is 510. The summed E-state index contributed by atoms with van der Waals surface area (Å²) in [6.07, 6.45) is 2.58. The highest BCUT2D eigenvalue weighted by molar-refractivity contribution is 5.76. The van der Waals surface area contributed by atoms with Gasteiger partial charge in [-0.1, -0.05) is 13.3 Å². The van der Waals surface area contributed by atoms with Crippen LogP contribution in [0.5, 0.6) is 0 Å². The second kappa shape index (κ2) is 6.78. The quantitative estimate of drug-likeness (QED) is 0.868. The van der Waals surface area contributed by atoms with E-state index in [0.717, 1.165) is 18.4 Å². The van der Waals surface area contributed by atoms with E-state index in [9.17, 15) is 9.18 Å². The Kier molecular flexibility index (Phi) is 5.04. The average Bonchev–Trinajstić information content (AvgIpc) is 2.48. The van der Waals surface area contributed by atoms with Crippen molar-refractivity contribution in [1.82, 2.24) is 4.90 Å². The molecule has 1 aliphatic heterocycles. The minimum Gasteiger partial charge on any atom is -0.398 e. The van der Waals surface area contributed by atoms with Crippen molar-refractivity contribution in [3.05, 3.63) is 23.5 Å². The predicted octanol–water partition coefficient (Wildman–Crippen LogP) is 2.56. The van der Waals surface area contributed by atoms with Crippen LogP contribution in [0.25, 0.3) is 0 Å². The highest BCUT2D eigenvalue weighted by Gasteiger charge is 2.22. The Balaban J connectivity index is 1.98. The lowest BCUT2D eigenvalue weighted by Crippen LogP contribution is -2.49. The molecule has 4 nitrogen and oxygen atoms in total. The molecule has 0 radical (unpaired) electrons. The number of piperazine rings is 1. The fourth-order valence-corrected chi connectivity index (χ4v) is 2.61.